The number of hydrogen-bond acceptors (Lipinski definition) is 3. The van der Waals surface area contributed by atoms with Crippen LogP contribution >= 0.6 is 0 Å². The Labute approximate surface area is 302 Å². The van der Waals surface area contributed by atoms with Gasteiger partial charge in [0, 0.05) is 16.6 Å². The van der Waals surface area contributed by atoms with Gasteiger partial charge in [-0.1, -0.05) is 164 Å². The first kappa shape index (κ1) is 30.0. The zero-order valence-electron chi connectivity index (χ0n) is 28.4. The molecule has 1 heterocycles. The maximum Gasteiger partial charge on any atom is 0.228 e. The van der Waals surface area contributed by atoms with Crippen molar-refractivity contribution in [3.05, 3.63) is 216 Å². The molecule has 1 aliphatic rings. The quantitative estimate of drug-likeness (QED) is 0.180. The first-order valence-electron chi connectivity index (χ1n) is 17.7. The van der Waals surface area contributed by atoms with Gasteiger partial charge in [0.05, 0.1) is 16.6 Å². The number of nitrogens with one attached hydrogen (secondary N) is 1. The van der Waals surface area contributed by atoms with Crippen LogP contribution in [0.5, 0.6) is 0 Å². The fourth-order valence-electron chi connectivity index (χ4n) is 8.19. The standard InChI is InChI=1S/C49H33N3/c1-4-14-33(15-5-1)34-24-27-40(28-25-34)50-48-51-46-32-36-17-11-10-16-35(36)30-43(46)47(52-48)37-26-29-42-41-22-12-13-23-44(41)49(45(42)31-37,38-18-6-2-7-19-38)39-20-8-3-9-21-39/h1-32H,(H,50,51,52). The van der Waals surface area contributed by atoms with Crippen molar-refractivity contribution in [3.8, 4) is 33.5 Å². The van der Waals surface area contributed by atoms with Crippen molar-refractivity contribution in [2.75, 3.05) is 5.32 Å². The van der Waals surface area contributed by atoms with E-state index in [2.05, 4.69) is 193 Å². The fourth-order valence-corrected chi connectivity index (χ4v) is 8.19. The minimum atomic E-state index is -0.498. The minimum absolute atomic E-state index is 0.498. The molecule has 0 radical (unpaired) electrons. The number of nitrogens with zero attached hydrogens (tertiary/aromatic N) is 2. The molecule has 0 unspecified atom stereocenters. The lowest BCUT2D eigenvalue weighted by Gasteiger charge is -2.34. The molecule has 1 N–H and O–H groups in total. The highest BCUT2D eigenvalue weighted by atomic mass is 15.1. The molecule has 8 aromatic carbocycles. The van der Waals surface area contributed by atoms with Crippen LogP contribution in [-0.4, -0.2) is 9.97 Å². The third-order valence-corrected chi connectivity index (χ3v) is 10.5. The maximum absolute atomic E-state index is 5.30. The number of fused-ring (bicyclic) bond motifs is 5. The first-order valence-corrected chi connectivity index (χ1v) is 17.7. The second-order valence-electron chi connectivity index (χ2n) is 13.5. The molecule has 10 rings (SSSR count). The molecule has 1 aromatic heterocycles. The highest BCUT2D eigenvalue weighted by molar-refractivity contribution is 6.03. The molecular weight excluding hydrogens is 631 g/mol. The molecule has 52 heavy (non-hydrogen) atoms. The van der Waals surface area contributed by atoms with Crippen LogP contribution in [0.1, 0.15) is 22.3 Å². The van der Waals surface area contributed by atoms with Crippen molar-refractivity contribution in [1.29, 1.82) is 0 Å². The monoisotopic (exact) mass is 663 g/mol. The summed E-state index contributed by atoms with van der Waals surface area (Å²) in [6, 6.07) is 69.4. The highest BCUT2D eigenvalue weighted by Gasteiger charge is 2.46. The van der Waals surface area contributed by atoms with Crippen molar-refractivity contribution >= 4 is 33.3 Å². The number of anilines is 2. The Morgan fingerprint density at radius 1 is 0.404 bits per heavy atom. The third-order valence-electron chi connectivity index (χ3n) is 10.5. The van der Waals surface area contributed by atoms with Crippen molar-refractivity contribution in [2.24, 2.45) is 0 Å². The molecule has 1 aliphatic carbocycles. The molecule has 0 spiro atoms. The lowest BCUT2D eigenvalue weighted by molar-refractivity contribution is 0.768. The maximum atomic E-state index is 5.30. The van der Waals surface area contributed by atoms with Crippen LogP contribution in [-0.2, 0) is 5.41 Å². The average molecular weight is 664 g/mol. The van der Waals surface area contributed by atoms with E-state index in [0.717, 1.165) is 44.2 Å². The first-order chi connectivity index (χ1) is 25.8. The predicted molar refractivity (Wildman–Crippen MR) is 215 cm³/mol. The van der Waals surface area contributed by atoms with E-state index in [4.69, 9.17) is 9.97 Å². The molecule has 0 atom stereocenters. The lowest BCUT2D eigenvalue weighted by atomic mass is 9.67. The van der Waals surface area contributed by atoms with Gasteiger partial charge in [0.2, 0.25) is 5.95 Å². The van der Waals surface area contributed by atoms with Crippen LogP contribution < -0.4 is 5.32 Å². The van der Waals surface area contributed by atoms with Gasteiger partial charge < -0.3 is 5.32 Å². The molecule has 0 fully saturated rings. The average Bonchev–Trinajstić information content (AvgIpc) is 3.51. The Morgan fingerprint density at radius 3 is 1.67 bits per heavy atom. The van der Waals surface area contributed by atoms with Crippen molar-refractivity contribution < 1.29 is 0 Å². The van der Waals surface area contributed by atoms with E-state index in [9.17, 15) is 0 Å². The van der Waals surface area contributed by atoms with Crippen LogP contribution in [0.3, 0.4) is 0 Å². The van der Waals surface area contributed by atoms with E-state index in [-0.39, 0.29) is 0 Å². The van der Waals surface area contributed by atoms with Gasteiger partial charge in [-0.25, -0.2) is 9.97 Å². The third kappa shape index (κ3) is 4.82. The number of hydrogen-bond donors (Lipinski definition) is 1. The summed E-state index contributed by atoms with van der Waals surface area (Å²) in [6.07, 6.45) is 0. The zero-order chi connectivity index (χ0) is 34.5. The summed E-state index contributed by atoms with van der Waals surface area (Å²) in [7, 11) is 0. The van der Waals surface area contributed by atoms with Crippen molar-refractivity contribution in [3.63, 3.8) is 0 Å². The Morgan fingerprint density at radius 2 is 0.962 bits per heavy atom. The van der Waals surface area contributed by atoms with Crippen LogP contribution in [0.25, 0.3) is 55.2 Å². The molecule has 3 heteroatoms. The Hall–Kier alpha value is -6.84. The van der Waals surface area contributed by atoms with Crippen molar-refractivity contribution in [1.82, 2.24) is 9.97 Å². The van der Waals surface area contributed by atoms with Gasteiger partial charge in [-0.3, -0.25) is 0 Å². The summed E-state index contributed by atoms with van der Waals surface area (Å²) >= 11 is 0. The van der Waals surface area contributed by atoms with Gasteiger partial charge in [0.25, 0.3) is 0 Å². The van der Waals surface area contributed by atoms with E-state index < -0.39 is 5.41 Å². The number of aromatic nitrogens is 2. The largest absolute Gasteiger partial charge is 0.324 e. The van der Waals surface area contributed by atoms with Gasteiger partial charge in [0.1, 0.15) is 0 Å². The molecule has 0 saturated heterocycles. The minimum Gasteiger partial charge on any atom is -0.324 e. The van der Waals surface area contributed by atoms with E-state index >= 15 is 0 Å². The van der Waals surface area contributed by atoms with E-state index in [1.807, 2.05) is 6.07 Å². The second kappa shape index (κ2) is 12.2. The van der Waals surface area contributed by atoms with Crippen LogP contribution in [0, 0.1) is 0 Å². The molecular formula is C49H33N3. The van der Waals surface area contributed by atoms with E-state index in [1.165, 1.54) is 38.9 Å². The second-order valence-corrected chi connectivity index (χ2v) is 13.5. The molecule has 3 nitrogen and oxygen atoms in total. The molecule has 244 valence electrons. The molecule has 0 saturated carbocycles. The van der Waals surface area contributed by atoms with Gasteiger partial charge in [-0.2, -0.15) is 0 Å². The lowest BCUT2D eigenvalue weighted by Crippen LogP contribution is -2.28. The van der Waals surface area contributed by atoms with Gasteiger partial charge in [-0.15, -0.1) is 0 Å². The van der Waals surface area contributed by atoms with Crippen molar-refractivity contribution in [2.45, 2.75) is 5.41 Å². The Balaban J connectivity index is 1.18. The molecule has 0 aliphatic heterocycles. The predicted octanol–water partition coefficient (Wildman–Crippen LogP) is 12.2. The smallest absolute Gasteiger partial charge is 0.228 e. The molecule has 0 bridgehead atoms. The van der Waals surface area contributed by atoms with Crippen LogP contribution in [0.4, 0.5) is 11.6 Å². The summed E-state index contributed by atoms with van der Waals surface area (Å²) in [5, 5.41) is 6.87. The van der Waals surface area contributed by atoms with Gasteiger partial charge >= 0.3 is 0 Å². The molecule has 0 amide bonds. The zero-order valence-corrected chi connectivity index (χ0v) is 28.4. The van der Waals surface area contributed by atoms with Crippen LogP contribution in [0.2, 0.25) is 0 Å². The summed E-state index contributed by atoms with van der Waals surface area (Å²) in [4.78, 5) is 10.4. The molecule has 9 aromatic rings. The van der Waals surface area contributed by atoms with E-state index in [0.29, 0.717) is 5.95 Å². The van der Waals surface area contributed by atoms with Gasteiger partial charge in [-0.05, 0) is 85.6 Å². The SMILES string of the molecule is c1ccc(-c2ccc(Nc3nc(-c4ccc5c(c4)C(c4ccccc4)(c4ccccc4)c4ccccc4-5)c4cc5ccccc5cc4n3)cc2)cc1. The number of rotatable bonds is 6. The number of benzene rings is 8. The highest BCUT2D eigenvalue weighted by Crippen LogP contribution is 2.56. The summed E-state index contributed by atoms with van der Waals surface area (Å²) in [5.41, 5.74) is 13.2. The van der Waals surface area contributed by atoms with Gasteiger partial charge in [0.15, 0.2) is 0 Å². The Kier molecular flexibility index (Phi) is 7.04. The summed E-state index contributed by atoms with van der Waals surface area (Å²) in [6.45, 7) is 0. The fraction of sp³-hybridized carbons (Fsp3) is 0.0204. The Bertz CT molecular complexity index is 2700. The van der Waals surface area contributed by atoms with Crippen LogP contribution in [0.15, 0.2) is 194 Å². The van der Waals surface area contributed by atoms with E-state index in [1.54, 1.807) is 0 Å². The normalized spacial score (nSPS) is 12.8. The topological polar surface area (TPSA) is 37.8 Å². The summed E-state index contributed by atoms with van der Waals surface area (Å²) in [5.74, 6) is 0.561. The summed E-state index contributed by atoms with van der Waals surface area (Å²) < 4.78 is 0.